The van der Waals surface area contributed by atoms with Crippen molar-refractivity contribution in [1.82, 2.24) is 15.1 Å². The number of carboxylic acid groups (broad SMARTS) is 1. The predicted octanol–water partition coefficient (Wildman–Crippen LogP) is -1.41. The van der Waals surface area contributed by atoms with Crippen molar-refractivity contribution in [2.75, 3.05) is 52.5 Å². The maximum atomic E-state index is 12.2. The summed E-state index contributed by atoms with van der Waals surface area (Å²) in [7, 11) is 0. The molecule has 19 heavy (non-hydrogen) atoms. The number of aliphatic carboxylic acids is 1. The number of carbonyl (C=O) groups excluding carboxylic acids is 1. The fourth-order valence-corrected chi connectivity index (χ4v) is 2.39. The molecule has 0 aliphatic carbocycles. The minimum absolute atomic E-state index is 0.0950. The number of rotatable bonds is 4. The first-order chi connectivity index (χ1) is 9.16. The van der Waals surface area contributed by atoms with Crippen molar-refractivity contribution in [1.29, 1.82) is 0 Å². The molecule has 2 fully saturated rings. The van der Waals surface area contributed by atoms with Crippen LogP contribution in [0, 0.1) is 0 Å². The van der Waals surface area contributed by atoms with Gasteiger partial charge in [-0.2, -0.15) is 0 Å². The van der Waals surface area contributed by atoms with E-state index >= 15 is 0 Å². The Morgan fingerprint density at radius 2 is 2.00 bits per heavy atom. The van der Waals surface area contributed by atoms with Crippen LogP contribution >= 0.6 is 0 Å². The number of amides is 1. The smallest absolute Gasteiger partial charge is 0.304 e. The van der Waals surface area contributed by atoms with Gasteiger partial charge < -0.3 is 20.1 Å². The number of carbonyl (C=O) groups is 2. The van der Waals surface area contributed by atoms with E-state index in [0.29, 0.717) is 32.8 Å². The molecule has 108 valence electrons. The van der Waals surface area contributed by atoms with Crippen LogP contribution in [0.1, 0.15) is 6.42 Å². The number of hydrogen-bond acceptors (Lipinski definition) is 5. The molecule has 0 aromatic rings. The van der Waals surface area contributed by atoms with Gasteiger partial charge in [0.25, 0.3) is 0 Å². The van der Waals surface area contributed by atoms with Crippen LogP contribution in [0.25, 0.3) is 0 Å². The largest absolute Gasteiger partial charge is 0.481 e. The molecule has 2 rings (SSSR count). The van der Waals surface area contributed by atoms with E-state index in [1.165, 1.54) is 0 Å². The summed E-state index contributed by atoms with van der Waals surface area (Å²) < 4.78 is 5.29. The van der Waals surface area contributed by atoms with Gasteiger partial charge in [0.1, 0.15) is 6.04 Å². The molecule has 0 aromatic carbocycles. The van der Waals surface area contributed by atoms with Gasteiger partial charge in [-0.3, -0.25) is 14.5 Å². The third kappa shape index (κ3) is 4.15. The number of hydrogen-bond donors (Lipinski definition) is 2. The number of morpholine rings is 1. The Morgan fingerprint density at radius 1 is 1.26 bits per heavy atom. The summed E-state index contributed by atoms with van der Waals surface area (Å²) in [5.74, 6) is -0.681. The van der Waals surface area contributed by atoms with Crippen LogP contribution in [-0.2, 0) is 14.3 Å². The van der Waals surface area contributed by atoms with Crippen LogP contribution in [0.4, 0.5) is 0 Å². The fourth-order valence-electron chi connectivity index (χ4n) is 2.39. The average Bonchev–Trinajstić information content (AvgIpc) is 2.46. The van der Waals surface area contributed by atoms with Crippen LogP contribution in [0.2, 0.25) is 0 Å². The zero-order chi connectivity index (χ0) is 13.7. The molecule has 2 aliphatic rings. The predicted molar refractivity (Wildman–Crippen MR) is 67.9 cm³/mol. The average molecular weight is 271 g/mol. The highest BCUT2D eigenvalue weighted by atomic mass is 16.5. The Morgan fingerprint density at radius 3 is 2.58 bits per heavy atom. The number of carboxylic acids is 1. The molecule has 2 N–H and O–H groups in total. The lowest BCUT2D eigenvalue weighted by Crippen LogP contribution is -2.57. The van der Waals surface area contributed by atoms with Crippen LogP contribution in [0.3, 0.4) is 0 Å². The lowest BCUT2D eigenvalue weighted by Gasteiger charge is -2.37. The Labute approximate surface area is 112 Å². The topological polar surface area (TPSA) is 82.1 Å². The van der Waals surface area contributed by atoms with Gasteiger partial charge in [-0.05, 0) is 0 Å². The summed E-state index contributed by atoms with van der Waals surface area (Å²) in [6.07, 6.45) is 0.159. The van der Waals surface area contributed by atoms with Gasteiger partial charge in [-0.1, -0.05) is 0 Å². The molecule has 0 radical (unpaired) electrons. The number of nitrogens with zero attached hydrogens (tertiary/aromatic N) is 2. The Balaban J connectivity index is 1.72. The number of piperazine rings is 1. The lowest BCUT2D eigenvalue weighted by atomic mass is 10.2. The van der Waals surface area contributed by atoms with Gasteiger partial charge in [-0.15, -0.1) is 0 Å². The van der Waals surface area contributed by atoms with Crippen molar-refractivity contribution in [3.8, 4) is 0 Å². The van der Waals surface area contributed by atoms with Crippen LogP contribution < -0.4 is 5.32 Å². The van der Waals surface area contributed by atoms with E-state index in [1.54, 1.807) is 0 Å². The minimum atomic E-state index is -0.776. The quantitative estimate of drug-likeness (QED) is 0.654. The summed E-state index contributed by atoms with van der Waals surface area (Å²) in [6.45, 7) is 5.19. The van der Waals surface area contributed by atoms with Gasteiger partial charge in [-0.25, -0.2) is 0 Å². The maximum absolute atomic E-state index is 12.2. The third-order valence-electron chi connectivity index (χ3n) is 3.55. The highest BCUT2D eigenvalue weighted by molar-refractivity contribution is 5.82. The van der Waals surface area contributed by atoms with E-state index in [4.69, 9.17) is 9.84 Å². The molecule has 7 heteroatoms. The molecule has 7 nitrogen and oxygen atoms in total. The van der Waals surface area contributed by atoms with Crippen molar-refractivity contribution in [3.05, 3.63) is 0 Å². The molecule has 0 aromatic heterocycles. The molecule has 1 amide bonds. The zero-order valence-corrected chi connectivity index (χ0v) is 11.0. The minimum Gasteiger partial charge on any atom is -0.481 e. The SMILES string of the molecule is O=C(O)CCN1CCN(C(=O)C2COCCN2)CC1. The molecular weight excluding hydrogens is 250 g/mol. The van der Waals surface area contributed by atoms with Gasteiger partial charge in [0.2, 0.25) is 5.91 Å². The zero-order valence-electron chi connectivity index (χ0n) is 11.0. The molecule has 0 saturated carbocycles. The summed E-state index contributed by atoms with van der Waals surface area (Å²) in [5.41, 5.74) is 0. The fraction of sp³-hybridized carbons (Fsp3) is 0.833. The van der Waals surface area contributed by atoms with Gasteiger partial charge in [0, 0.05) is 39.3 Å². The van der Waals surface area contributed by atoms with Crippen molar-refractivity contribution in [2.45, 2.75) is 12.5 Å². The Bertz CT molecular complexity index is 323. The summed E-state index contributed by atoms with van der Waals surface area (Å²) in [6, 6.07) is -0.223. The molecule has 1 atom stereocenters. The Kier molecular flexibility index (Phi) is 5.12. The van der Waals surface area contributed by atoms with E-state index in [1.807, 2.05) is 4.90 Å². The second-order valence-corrected chi connectivity index (χ2v) is 4.89. The molecule has 0 bridgehead atoms. The lowest BCUT2D eigenvalue weighted by molar-refractivity contribution is -0.140. The molecule has 2 heterocycles. The second-order valence-electron chi connectivity index (χ2n) is 4.89. The first kappa shape index (κ1) is 14.2. The molecular formula is C12H21N3O4. The van der Waals surface area contributed by atoms with Crippen LogP contribution in [0.15, 0.2) is 0 Å². The van der Waals surface area contributed by atoms with Crippen LogP contribution in [0.5, 0.6) is 0 Å². The van der Waals surface area contributed by atoms with Gasteiger partial charge in [0.05, 0.1) is 19.6 Å². The normalized spacial score (nSPS) is 25.3. The molecule has 2 saturated heterocycles. The first-order valence-corrected chi connectivity index (χ1v) is 6.71. The van der Waals surface area contributed by atoms with Crippen molar-refractivity contribution in [3.63, 3.8) is 0 Å². The Hall–Kier alpha value is -1.18. The highest BCUT2D eigenvalue weighted by Crippen LogP contribution is 2.06. The van der Waals surface area contributed by atoms with E-state index in [-0.39, 0.29) is 18.4 Å². The summed E-state index contributed by atoms with van der Waals surface area (Å²) >= 11 is 0. The summed E-state index contributed by atoms with van der Waals surface area (Å²) in [5, 5.41) is 11.8. The van der Waals surface area contributed by atoms with Gasteiger partial charge in [0.15, 0.2) is 0 Å². The van der Waals surface area contributed by atoms with Crippen LogP contribution in [-0.4, -0.2) is 85.3 Å². The number of nitrogens with one attached hydrogen (secondary N) is 1. The van der Waals surface area contributed by atoms with Gasteiger partial charge >= 0.3 is 5.97 Å². The maximum Gasteiger partial charge on any atom is 0.304 e. The molecule has 2 aliphatic heterocycles. The molecule has 0 spiro atoms. The van der Waals surface area contributed by atoms with Crippen molar-refractivity contribution >= 4 is 11.9 Å². The third-order valence-corrected chi connectivity index (χ3v) is 3.55. The second kappa shape index (κ2) is 6.83. The van der Waals surface area contributed by atoms with Crippen molar-refractivity contribution < 1.29 is 19.4 Å². The standard InChI is InChI=1S/C12H21N3O4/c16-11(17)1-3-14-4-6-15(7-5-14)12(18)10-9-19-8-2-13-10/h10,13H,1-9H2,(H,16,17). The monoisotopic (exact) mass is 271 g/mol. The summed E-state index contributed by atoms with van der Waals surface area (Å²) in [4.78, 5) is 26.6. The first-order valence-electron chi connectivity index (χ1n) is 6.71. The van der Waals surface area contributed by atoms with E-state index in [2.05, 4.69) is 10.2 Å². The van der Waals surface area contributed by atoms with E-state index in [9.17, 15) is 9.59 Å². The van der Waals surface area contributed by atoms with E-state index in [0.717, 1.165) is 19.6 Å². The highest BCUT2D eigenvalue weighted by Gasteiger charge is 2.28. The van der Waals surface area contributed by atoms with Crippen molar-refractivity contribution in [2.24, 2.45) is 0 Å². The molecule has 1 unspecified atom stereocenters. The van der Waals surface area contributed by atoms with E-state index < -0.39 is 5.97 Å². The number of ether oxygens (including phenoxy) is 1.